The predicted molar refractivity (Wildman–Crippen MR) is 112 cm³/mol. The number of para-hydroxylation sites is 1. The molecule has 2 heteroatoms. The molecule has 0 unspecified atom stereocenters. The lowest BCUT2D eigenvalue weighted by Crippen LogP contribution is -2.00. The molecule has 0 fully saturated rings. The van der Waals surface area contributed by atoms with Gasteiger partial charge in [-0.05, 0) is 49.2 Å². The molecule has 0 N–H and O–H groups in total. The third-order valence-electron chi connectivity index (χ3n) is 4.68. The average Bonchev–Trinajstić information content (AvgIpc) is 3.08. The van der Waals surface area contributed by atoms with Crippen molar-refractivity contribution in [1.82, 2.24) is 4.57 Å². The van der Waals surface area contributed by atoms with Crippen LogP contribution in [0.3, 0.4) is 0 Å². The van der Waals surface area contributed by atoms with Gasteiger partial charge in [0.1, 0.15) is 0 Å². The maximum atomic E-state index is 5.64. The van der Waals surface area contributed by atoms with E-state index in [0.717, 1.165) is 22.0 Å². The summed E-state index contributed by atoms with van der Waals surface area (Å²) in [6.45, 7) is 4.22. The second-order valence-corrected chi connectivity index (χ2v) is 7.08. The Balaban J connectivity index is 1.97. The van der Waals surface area contributed by atoms with E-state index in [1.807, 2.05) is 18.2 Å². The minimum atomic E-state index is 0.852. The van der Waals surface area contributed by atoms with Crippen molar-refractivity contribution in [2.24, 2.45) is 0 Å². The first-order valence-corrected chi connectivity index (χ1v) is 9.16. The Bertz CT molecular complexity index is 978. The first-order chi connectivity index (χ1) is 12.6. The van der Waals surface area contributed by atoms with Crippen molar-refractivity contribution in [3.8, 4) is 28.2 Å². The van der Waals surface area contributed by atoms with Crippen molar-refractivity contribution >= 4 is 12.6 Å². The van der Waals surface area contributed by atoms with E-state index < -0.39 is 0 Å². The molecule has 3 aromatic carbocycles. The van der Waals surface area contributed by atoms with Gasteiger partial charge in [0.25, 0.3) is 0 Å². The van der Waals surface area contributed by atoms with E-state index in [1.165, 1.54) is 22.3 Å². The Morgan fingerprint density at radius 2 is 1.04 bits per heavy atom. The van der Waals surface area contributed by atoms with Crippen molar-refractivity contribution in [2.75, 3.05) is 0 Å². The van der Waals surface area contributed by atoms with Crippen molar-refractivity contribution in [3.63, 3.8) is 0 Å². The van der Waals surface area contributed by atoms with Gasteiger partial charge in [0.2, 0.25) is 0 Å². The molecule has 0 aliphatic heterocycles. The molecule has 26 heavy (non-hydrogen) atoms. The Hall–Kier alpha value is -2.84. The summed E-state index contributed by atoms with van der Waals surface area (Å²) in [6.07, 6.45) is 0. The monoisotopic (exact) mass is 354 g/mol. The van der Waals surface area contributed by atoms with Crippen LogP contribution in [0.5, 0.6) is 0 Å². The maximum Gasteiger partial charge on any atom is 0.0642 e. The van der Waals surface area contributed by atoms with Gasteiger partial charge in [0.05, 0.1) is 22.0 Å². The SMILES string of the molecule is Cc1ccc(-c2ccc(-c3ccc(C)cc3)n2-c2ccccc2[S])cc1. The Morgan fingerprint density at radius 1 is 0.577 bits per heavy atom. The highest BCUT2D eigenvalue weighted by atomic mass is 32.1. The fourth-order valence-corrected chi connectivity index (χ4v) is 3.48. The molecule has 0 aliphatic carbocycles. The number of benzene rings is 3. The molecule has 1 heterocycles. The highest BCUT2D eigenvalue weighted by molar-refractivity contribution is 7.80. The van der Waals surface area contributed by atoms with Gasteiger partial charge < -0.3 is 4.57 Å². The molecule has 0 bridgehead atoms. The fourth-order valence-electron chi connectivity index (χ4n) is 3.24. The van der Waals surface area contributed by atoms with E-state index in [4.69, 9.17) is 12.6 Å². The Morgan fingerprint density at radius 3 is 1.50 bits per heavy atom. The molecule has 0 atom stereocenters. The summed E-state index contributed by atoms with van der Waals surface area (Å²) in [5.41, 5.74) is 8.23. The van der Waals surface area contributed by atoms with Crippen LogP contribution in [-0.2, 0) is 0 Å². The summed E-state index contributed by atoms with van der Waals surface area (Å²) < 4.78 is 2.28. The van der Waals surface area contributed by atoms with Crippen LogP contribution in [0.15, 0.2) is 89.8 Å². The van der Waals surface area contributed by atoms with E-state index in [1.54, 1.807) is 0 Å². The van der Waals surface area contributed by atoms with Crippen LogP contribution in [0.4, 0.5) is 0 Å². The van der Waals surface area contributed by atoms with E-state index >= 15 is 0 Å². The molecule has 0 spiro atoms. The van der Waals surface area contributed by atoms with Gasteiger partial charge in [-0.2, -0.15) is 0 Å². The van der Waals surface area contributed by atoms with Crippen molar-refractivity contribution in [3.05, 3.63) is 96.1 Å². The molecule has 0 amide bonds. The van der Waals surface area contributed by atoms with Gasteiger partial charge in [-0.15, -0.1) is 0 Å². The van der Waals surface area contributed by atoms with Crippen molar-refractivity contribution in [2.45, 2.75) is 18.7 Å². The largest absolute Gasteiger partial charge is 0.308 e. The third kappa shape index (κ3) is 3.04. The quantitative estimate of drug-likeness (QED) is 0.374. The minimum absolute atomic E-state index is 0.852. The van der Waals surface area contributed by atoms with Gasteiger partial charge in [0.15, 0.2) is 0 Å². The zero-order valence-corrected chi connectivity index (χ0v) is 15.8. The number of hydrogen-bond acceptors (Lipinski definition) is 0. The van der Waals surface area contributed by atoms with E-state index in [-0.39, 0.29) is 0 Å². The van der Waals surface area contributed by atoms with Crippen LogP contribution >= 0.6 is 12.6 Å². The topological polar surface area (TPSA) is 4.93 Å². The summed E-state index contributed by atoms with van der Waals surface area (Å²) in [6, 6.07) is 29.8. The van der Waals surface area contributed by atoms with Gasteiger partial charge >= 0.3 is 0 Å². The molecule has 4 rings (SSSR count). The van der Waals surface area contributed by atoms with E-state index in [2.05, 4.69) is 85.1 Å². The molecule has 1 aromatic heterocycles. The van der Waals surface area contributed by atoms with Crippen LogP contribution in [0.25, 0.3) is 28.2 Å². The summed E-state index contributed by atoms with van der Waals surface area (Å²) in [5.74, 6) is 0. The molecule has 0 saturated heterocycles. The predicted octanol–water partition coefficient (Wildman–Crippen LogP) is 6.98. The average molecular weight is 354 g/mol. The second-order valence-electron chi connectivity index (χ2n) is 6.64. The normalized spacial score (nSPS) is 10.8. The highest BCUT2D eigenvalue weighted by Gasteiger charge is 2.15. The molecular weight excluding hydrogens is 334 g/mol. The van der Waals surface area contributed by atoms with Gasteiger partial charge in [-0.25, -0.2) is 0 Å². The highest BCUT2D eigenvalue weighted by Crippen LogP contribution is 2.34. The number of aromatic nitrogens is 1. The smallest absolute Gasteiger partial charge is 0.0642 e. The van der Waals surface area contributed by atoms with Crippen molar-refractivity contribution in [1.29, 1.82) is 0 Å². The summed E-state index contributed by atoms with van der Waals surface area (Å²) in [5, 5.41) is 0. The Kier molecular flexibility index (Phi) is 4.36. The molecule has 0 aliphatic rings. The summed E-state index contributed by atoms with van der Waals surface area (Å²) in [4.78, 5) is 0.852. The molecule has 1 nitrogen and oxygen atoms in total. The lowest BCUT2D eigenvalue weighted by molar-refractivity contribution is 1.06. The zero-order valence-electron chi connectivity index (χ0n) is 14.9. The lowest BCUT2D eigenvalue weighted by Gasteiger charge is -2.16. The fraction of sp³-hybridized carbons (Fsp3) is 0.0833. The maximum absolute atomic E-state index is 5.64. The number of rotatable bonds is 3. The van der Waals surface area contributed by atoms with Crippen LogP contribution in [0, 0.1) is 13.8 Å². The molecule has 4 aromatic rings. The van der Waals surface area contributed by atoms with Crippen LogP contribution in [0.1, 0.15) is 11.1 Å². The minimum Gasteiger partial charge on any atom is -0.308 e. The number of hydrogen-bond donors (Lipinski definition) is 0. The lowest BCUT2D eigenvalue weighted by atomic mass is 10.1. The Labute approximate surface area is 160 Å². The second kappa shape index (κ2) is 6.81. The first kappa shape index (κ1) is 16.6. The number of aryl methyl sites for hydroxylation is 2. The van der Waals surface area contributed by atoms with Gasteiger partial charge in [0, 0.05) is 0 Å². The van der Waals surface area contributed by atoms with Crippen LogP contribution in [-0.4, -0.2) is 4.57 Å². The van der Waals surface area contributed by atoms with E-state index in [0.29, 0.717) is 0 Å². The van der Waals surface area contributed by atoms with Crippen LogP contribution < -0.4 is 0 Å². The first-order valence-electron chi connectivity index (χ1n) is 8.76. The zero-order chi connectivity index (χ0) is 18.1. The van der Waals surface area contributed by atoms with Gasteiger partial charge in [-0.3, -0.25) is 0 Å². The summed E-state index contributed by atoms with van der Waals surface area (Å²) >= 11 is 5.64. The third-order valence-corrected chi connectivity index (χ3v) is 5.03. The number of nitrogens with zero attached hydrogens (tertiary/aromatic N) is 1. The molecule has 127 valence electrons. The van der Waals surface area contributed by atoms with Gasteiger partial charge in [-0.1, -0.05) is 84.4 Å². The van der Waals surface area contributed by atoms with E-state index in [9.17, 15) is 0 Å². The molecular formula is C24H20NS. The standard InChI is InChI=1S/C24H20NS/c1-17-7-11-19(12-8-17)21-15-16-22(20-13-9-18(2)10-14-20)25(21)23-5-3-4-6-24(23)26/h3-16H,1-2H3. The molecule has 1 radical (unpaired) electrons. The van der Waals surface area contributed by atoms with Crippen molar-refractivity contribution < 1.29 is 0 Å². The summed E-state index contributed by atoms with van der Waals surface area (Å²) in [7, 11) is 0. The van der Waals surface area contributed by atoms with Crippen LogP contribution in [0.2, 0.25) is 0 Å². The molecule has 0 saturated carbocycles.